The van der Waals surface area contributed by atoms with Gasteiger partial charge in [0.25, 0.3) is 0 Å². The molecular weight excluding hydrogens is 375 g/mol. The Hall–Kier alpha value is -1.82. The highest BCUT2D eigenvalue weighted by molar-refractivity contribution is 6.92. The summed E-state index contributed by atoms with van der Waals surface area (Å²) in [5, 5.41) is 1.39. The molecule has 29 heavy (non-hydrogen) atoms. The van der Waals surface area contributed by atoms with Gasteiger partial charge in [0.2, 0.25) is 0 Å². The number of ether oxygens (including phenoxy) is 1. The summed E-state index contributed by atoms with van der Waals surface area (Å²) in [6, 6.07) is 19.1. The van der Waals surface area contributed by atoms with Crippen LogP contribution >= 0.6 is 0 Å². The van der Waals surface area contributed by atoms with Gasteiger partial charge in [0, 0.05) is 5.54 Å². The van der Waals surface area contributed by atoms with Gasteiger partial charge in [0.05, 0.1) is 26.4 Å². The van der Waals surface area contributed by atoms with Crippen LogP contribution in [-0.2, 0) is 9.31 Å². The Morgan fingerprint density at radius 3 is 1.93 bits per heavy atom. The zero-order valence-electron chi connectivity index (χ0n) is 18.8. The average Bonchev–Trinajstić information content (AvgIpc) is 2.90. The predicted molar refractivity (Wildman–Crippen MR) is 125 cm³/mol. The van der Waals surface area contributed by atoms with Crippen molar-refractivity contribution < 1.29 is 14.0 Å². The zero-order chi connectivity index (χ0) is 21.4. The Labute approximate surface area is 177 Å². The van der Waals surface area contributed by atoms with Crippen molar-refractivity contribution in [2.24, 2.45) is 0 Å². The third-order valence-corrected chi connectivity index (χ3v) is 10.6. The minimum atomic E-state index is -2.00. The van der Waals surface area contributed by atoms with E-state index < -0.39 is 15.2 Å². The molecule has 0 unspecified atom stereocenters. The van der Waals surface area contributed by atoms with E-state index in [1.807, 2.05) is 12.1 Å². The van der Waals surface area contributed by atoms with Crippen LogP contribution in [-0.4, -0.2) is 33.5 Å². The zero-order valence-corrected chi connectivity index (χ0v) is 19.8. The van der Waals surface area contributed by atoms with E-state index in [0.717, 1.165) is 11.2 Å². The number of rotatable bonds is 6. The van der Waals surface area contributed by atoms with E-state index in [-0.39, 0.29) is 16.7 Å². The van der Waals surface area contributed by atoms with E-state index in [4.69, 9.17) is 14.0 Å². The lowest BCUT2D eigenvalue weighted by Crippen LogP contribution is -2.50. The fourth-order valence-electron chi connectivity index (χ4n) is 4.06. The fourth-order valence-corrected chi connectivity index (χ4v) is 7.53. The van der Waals surface area contributed by atoms with Crippen molar-refractivity contribution in [2.45, 2.75) is 57.5 Å². The van der Waals surface area contributed by atoms with E-state index in [9.17, 15) is 0 Å². The summed E-state index contributed by atoms with van der Waals surface area (Å²) in [6.45, 7) is 17.7. The van der Waals surface area contributed by atoms with Gasteiger partial charge in [-0.15, -0.1) is 6.58 Å². The molecule has 0 radical (unpaired) electrons. The molecular formula is C24H33BO3Si. The second kappa shape index (κ2) is 7.78. The molecule has 1 atom stereocenters. The lowest BCUT2D eigenvalue weighted by Gasteiger charge is -2.36. The molecule has 0 N–H and O–H groups in total. The molecule has 1 saturated heterocycles. The summed E-state index contributed by atoms with van der Waals surface area (Å²) < 4.78 is 18.1. The second-order valence-corrected chi connectivity index (χ2v) is 14.1. The maximum Gasteiger partial charge on any atom is 0.490 e. The van der Waals surface area contributed by atoms with Gasteiger partial charge in [-0.05, 0) is 50.9 Å². The SMILES string of the molecule is C=C(B1OC(C)(C)C(C)(C)O1)[C@@H](c1ccc(OC)cc1)[Si](C)(C)c1ccccc1. The average molecular weight is 408 g/mol. The van der Waals surface area contributed by atoms with Crippen molar-refractivity contribution in [2.75, 3.05) is 7.11 Å². The van der Waals surface area contributed by atoms with Crippen molar-refractivity contribution >= 4 is 20.4 Å². The van der Waals surface area contributed by atoms with Crippen LogP contribution in [0.15, 0.2) is 66.6 Å². The van der Waals surface area contributed by atoms with E-state index >= 15 is 0 Å². The van der Waals surface area contributed by atoms with Crippen LogP contribution < -0.4 is 9.92 Å². The summed E-state index contributed by atoms with van der Waals surface area (Å²) in [7, 11) is -0.736. The number of benzene rings is 2. The number of methoxy groups -OCH3 is 1. The van der Waals surface area contributed by atoms with Gasteiger partial charge < -0.3 is 14.0 Å². The highest BCUT2D eigenvalue weighted by Crippen LogP contribution is 2.43. The van der Waals surface area contributed by atoms with Crippen LogP contribution in [0, 0.1) is 0 Å². The van der Waals surface area contributed by atoms with Gasteiger partial charge in [0.1, 0.15) is 5.75 Å². The van der Waals surface area contributed by atoms with Crippen molar-refractivity contribution in [3.8, 4) is 5.75 Å². The highest BCUT2D eigenvalue weighted by Gasteiger charge is 2.54. The van der Waals surface area contributed by atoms with Crippen LogP contribution in [0.3, 0.4) is 0 Å². The first-order chi connectivity index (χ1) is 13.5. The minimum Gasteiger partial charge on any atom is -0.497 e. The van der Waals surface area contributed by atoms with Crippen LogP contribution in [0.2, 0.25) is 13.1 Å². The molecule has 0 aliphatic carbocycles. The minimum absolute atomic E-state index is 0.144. The molecule has 1 aliphatic heterocycles. The summed E-state index contributed by atoms with van der Waals surface area (Å²) in [6.07, 6.45) is 0. The normalized spacial score (nSPS) is 19.1. The molecule has 0 saturated carbocycles. The van der Waals surface area contributed by atoms with Crippen molar-refractivity contribution in [1.82, 2.24) is 0 Å². The van der Waals surface area contributed by atoms with Crippen molar-refractivity contribution in [1.29, 1.82) is 0 Å². The summed E-state index contributed by atoms with van der Waals surface area (Å²) in [4.78, 5) is 0. The molecule has 3 rings (SSSR count). The van der Waals surface area contributed by atoms with Gasteiger partial charge in [-0.2, -0.15) is 0 Å². The Bertz CT molecular complexity index is 843. The fraction of sp³-hybridized carbons (Fsp3) is 0.417. The molecule has 1 heterocycles. The van der Waals surface area contributed by atoms with Crippen molar-refractivity contribution in [3.05, 3.63) is 72.2 Å². The molecule has 0 amide bonds. The molecule has 3 nitrogen and oxygen atoms in total. The second-order valence-electron chi connectivity index (χ2n) is 9.46. The van der Waals surface area contributed by atoms with E-state index in [0.29, 0.717) is 0 Å². The van der Waals surface area contributed by atoms with E-state index in [1.165, 1.54) is 10.8 Å². The first-order valence-corrected chi connectivity index (χ1v) is 13.3. The lowest BCUT2D eigenvalue weighted by molar-refractivity contribution is 0.00578. The number of hydrogen-bond acceptors (Lipinski definition) is 3. The van der Waals surface area contributed by atoms with Crippen LogP contribution in [0.1, 0.15) is 38.8 Å². The Morgan fingerprint density at radius 1 is 0.931 bits per heavy atom. The van der Waals surface area contributed by atoms with Crippen molar-refractivity contribution in [3.63, 3.8) is 0 Å². The van der Waals surface area contributed by atoms with E-state index in [1.54, 1.807) is 7.11 Å². The van der Waals surface area contributed by atoms with Gasteiger partial charge in [-0.1, -0.05) is 60.7 Å². The monoisotopic (exact) mass is 408 g/mol. The summed E-state index contributed by atoms with van der Waals surface area (Å²) in [5.41, 5.74) is 1.60. The molecule has 2 aromatic rings. The molecule has 2 aromatic carbocycles. The Kier molecular flexibility index (Phi) is 5.87. The predicted octanol–water partition coefficient (Wildman–Crippen LogP) is 5.12. The summed E-state index contributed by atoms with van der Waals surface area (Å²) in [5.74, 6) is 0.855. The first-order valence-electron chi connectivity index (χ1n) is 10.2. The van der Waals surface area contributed by atoms with Crippen LogP contribution in [0.25, 0.3) is 0 Å². The third kappa shape index (κ3) is 4.09. The first kappa shape index (κ1) is 21.9. The molecule has 0 spiro atoms. The number of allylic oxidation sites excluding steroid dienone is 1. The molecule has 1 fully saturated rings. The largest absolute Gasteiger partial charge is 0.497 e. The number of hydrogen-bond donors (Lipinski definition) is 0. The standard InChI is InChI=1S/C24H33BO3Si/c1-18(25-27-23(2,3)24(4,5)28-25)22(19-14-16-20(26-6)17-15-19)29(7,8)21-12-10-9-11-13-21/h9-17,22H,1H2,2-8H3/t22-/m0/s1. The maximum atomic E-state index is 6.38. The van der Waals surface area contributed by atoms with Gasteiger partial charge in [-0.25, -0.2) is 0 Å². The highest BCUT2D eigenvalue weighted by atomic mass is 28.3. The Balaban J connectivity index is 2.04. The van der Waals surface area contributed by atoms with E-state index in [2.05, 4.69) is 89.8 Å². The molecule has 5 heteroatoms. The molecule has 154 valence electrons. The molecule has 0 bridgehead atoms. The topological polar surface area (TPSA) is 27.7 Å². The quantitative estimate of drug-likeness (QED) is 0.621. The van der Waals surface area contributed by atoms with Gasteiger partial charge in [-0.3, -0.25) is 0 Å². The summed E-state index contributed by atoms with van der Waals surface area (Å²) >= 11 is 0. The Morgan fingerprint density at radius 2 is 1.45 bits per heavy atom. The van der Waals surface area contributed by atoms with Crippen LogP contribution in [0.5, 0.6) is 5.75 Å². The third-order valence-electron chi connectivity index (χ3n) is 6.62. The van der Waals surface area contributed by atoms with Gasteiger partial charge in [0.15, 0.2) is 0 Å². The van der Waals surface area contributed by atoms with Crippen LogP contribution in [0.4, 0.5) is 0 Å². The maximum absolute atomic E-state index is 6.38. The smallest absolute Gasteiger partial charge is 0.490 e. The molecule has 1 aliphatic rings. The lowest BCUT2D eigenvalue weighted by atomic mass is 9.75. The van der Waals surface area contributed by atoms with Gasteiger partial charge >= 0.3 is 7.12 Å². The molecule has 0 aromatic heterocycles.